The van der Waals surface area contributed by atoms with Gasteiger partial charge in [0.05, 0.1) is 24.0 Å². The largest absolute Gasteiger partial charge is 0.383 e. The zero-order valence-corrected chi connectivity index (χ0v) is 23.4. The number of aromatic amines is 1. The second-order valence-corrected chi connectivity index (χ2v) is 10.1. The van der Waals surface area contributed by atoms with E-state index < -0.39 is 0 Å². The molecule has 0 fully saturated rings. The standard InChI is InChI=1S/C31H30ClN7O2/c1-20-7-14-24(15-8-20)34-31(40)35-29-18-22(26-5-3-4-6-27(26)30-36-38-39-37-30)11-16-28(29)33-25(19-41-2)17-21-9-12-23(32)13-10-21/h3-16,18,25,33H,17,19H2,1-2H3,(H2,34,35,40)(H,36,37,38,39). The number of aromatic nitrogens is 4. The second-order valence-electron chi connectivity index (χ2n) is 9.63. The lowest BCUT2D eigenvalue weighted by atomic mass is 9.98. The zero-order chi connectivity index (χ0) is 28.6. The molecule has 5 rings (SSSR count). The van der Waals surface area contributed by atoms with Gasteiger partial charge in [0, 0.05) is 23.4 Å². The molecule has 1 heterocycles. The SMILES string of the molecule is COCC(Cc1ccc(Cl)cc1)Nc1ccc(-c2ccccc2-c2nnn[nH]2)cc1NC(=O)Nc1ccc(C)cc1. The minimum Gasteiger partial charge on any atom is -0.383 e. The number of benzene rings is 4. The van der Waals surface area contributed by atoms with Crippen LogP contribution in [-0.2, 0) is 11.2 Å². The molecule has 0 radical (unpaired) electrons. The highest BCUT2D eigenvalue weighted by atomic mass is 35.5. The molecule has 0 saturated carbocycles. The first-order chi connectivity index (χ1) is 20.0. The molecule has 0 aliphatic heterocycles. The Hall–Kier alpha value is -4.73. The van der Waals surface area contributed by atoms with Gasteiger partial charge in [-0.1, -0.05) is 71.8 Å². The molecule has 1 atom stereocenters. The van der Waals surface area contributed by atoms with E-state index in [2.05, 4.69) is 36.6 Å². The number of H-pyrrole nitrogens is 1. The highest BCUT2D eigenvalue weighted by Crippen LogP contribution is 2.34. The fraction of sp³-hybridized carbons (Fsp3) is 0.161. The smallest absolute Gasteiger partial charge is 0.323 e. The van der Waals surface area contributed by atoms with Gasteiger partial charge in [-0.2, -0.15) is 0 Å². The van der Waals surface area contributed by atoms with Crippen molar-refractivity contribution in [3.63, 3.8) is 0 Å². The lowest BCUT2D eigenvalue weighted by Crippen LogP contribution is -2.28. The number of carbonyl (C=O) groups excluding carboxylic acids is 1. The van der Waals surface area contributed by atoms with Crippen LogP contribution in [0, 0.1) is 6.92 Å². The number of anilines is 3. The van der Waals surface area contributed by atoms with Gasteiger partial charge in [0.1, 0.15) is 0 Å². The highest BCUT2D eigenvalue weighted by Gasteiger charge is 2.17. The third-order valence-electron chi connectivity index (χ3n) is 6.54. The second kappa shape index (κ2) is 13.1. The fourth-order valence-electron chi connectivity index (χ4n) is 4.55. The number of rotatable bonds is 10. The summed E-state index contributed by atoms with van der Waals surface area (Å²) in [5, 5.41) is 24.6. The molecule has 4 aromatic carbocycles. The molecule has 4 N–H and O–H groups in total. The van der Waals surface area contributed by atoms with Crippen molar-refractivity contribution in [2.24, 2.45) is 0 Å². The maximum Gasteiger partial charge on any atom is 0.323 e. The van der Waals surface area contributed by atoms with E-state index in [-0.39, 0.29) is 12.1 Å². The van der Waals surface area contributed by atoms with Crippen molar-refractivity contribution < 1.29 is 9.53 Å². The molecule has 0 spiro atoms. The normalized spacial score (nSPS) is 11.6. The van der Waals surface area contributed by atoms with Crippen LogP contribution in [0.2, 0.25) is 5.02 Å². The van der Waals surface area contributed by atoms with Crippen LogP contribution in [0.3, 0.4) is 0 Å². The maximum absolute atomic E-state index is 13.1. The number of tetrazole rings is 1. The molecule has 208 valence electrons. The average molecular weight is 568 g/mol. The summed E-state index contributed by atoms with van der Waals surface area (Å²) in [6.07, 6.45) is 0.698. The summed E-state index contributed by atoms with van der Waals surface area (Å²) in [7, 11) is 1.67. The number of halogens is 1. The van der Waals surface area contributed by atoms with E-state index in [9.17, 15) is 4.79 Å². The van der Waals surface area contributed by atoms with Crippen LogP contribution in [-0.4, -0.2) is 46.4 Å². The molecule has 0 aliphatic carbocycles. The molecule has 0 bridgehead atoms. The van der Waals surface area contributed by atoms with Gasteiger partial charge in [-0.3, -0.25) is 0 Å². The van der Waals surface area contributed by atoms with E-state index in [1.165, 1.54) is 0 Å². The van der Waals surface area contributed by atoms with E-state index in [0.717, 1.165) is 33.5 Å². The summed E-state index contributed by atoms with van der Waals surface area (Å²) in [5.74, 6) is 0.553. The van der Waals surface area contributed by atoms with Crippen LogP contribution < -0.4 is 16.0 Å². The number of nitrogens with zero attached hydrogens (tertiary/aromatic N) is 3. The van der Waals surface area contributed by atoms with Gasteiger partial charge < -0.3 is 20.7 Å². The van der Waals surface area contributed by atoms with Crippen molar-refractivity contribution in [2.45, 2.75) is 19.4 Å². The number of ether oxygens (including phenoxy) is 1. The Balaban J connectivity index is 1.47. The Morgan fingerprint density at radius 3 is 2.39 bits per heavy atom. The van der Waals surface area contributed by atoms with E-state index in [1.807, 2.05) is 97.9 Å². The monoisotopic (exact) mass is 567 g/mol. The molecule has 41 heavy (non-hydrogen) atoms. The van der Waals surface area contributed by atoms with Crippen molar-refractivity contribution in [2.75, 3.05) is 29.7 Å². The van der Waals surface area contributed by atoms with E-state index in [4.69, 9.17) is 16.3 Å². The molecule has 2 amide bonds. The molecule has 10 heteroatoms. The fourth-order valence-corrected chi connectivity index (χ4v) is 4.68. The third-order valence-corrected chi connectivity index (χ3v) is 6.79. The van der Waals surface area contributed by atoms with Crippen LogP contribution in [0.15, 0.2) is 91.0 Å². The first-order valence-electron chi connectivity index (χ1n) is 13.1. The van der Waals surface area contributed by atoms with Gasteiger partial charge in [0.2, 0.25) is 0 Å². The summed E-state index contributed by atoms with van der Waals surface area (Å²) >= 11 is 6.08. The first kappa shape index (κ1) is 27.8. The minimum absolute atomic E-state index is 0.0692. The lowest BCUT2D eigenvalue weighted by Gasteiger charge is -2.22. The molecular formula is C31H30ClN7O2. The van der Waals surface area contributed by atoms with Gasteiger partial charge >= 0.3 is 6.03 Å². The number of aryl methyl sites for hydroxylation is 1. The van der Waals surface area contributed by atoms with Crippen LogP contribution in [0.25, 0.3) is 22.5 Å². The summed E-state index contributed by atoms with van der Waals surface area (Å²) in [4.78, 5) is 13.1. The van der Waals surface area contributed by atoms with E-state index in [0.29, 0.717) is 35.2 Å². The quantitative estimate of drug-likeness (QED) is 0.147. The van der Waals surface area contributed by atoms with Crippen molar-refractivity contribution in [3.8, 4) is 22.5 Å². The predicted molar refractivity (Wildman–Crippen MR) is 163 cm³/mol. The van der Waals surface area contributed by atoms with Gasteiger partial charge in [0.25, 0.3) is 0 Å². The highest BCUT2D eigenvalue weighted by molar-refractivity contribution is 6.30. The van der Waals surface area contributed by atoms with Crippen molar-refractivity contribution in [1.82, 2.24) is 20.6 Å². The summed E-state index contributed by atoms with van der Waals surface area (Å²) in [5.41, 5.74) is 6.92. The number of amides is 2. The van der Waals surface area contributed by atoms with Crippen LogP contribution in [0.4, 0.5) is 21.9 Å². The van der Waals surface area contributed by atoms with Crippen molar-refractivity contribution in [3.05, 3.63) is 107 Å². The molecule has 1 aromatic heterocycles. The number of methoxy groups -OCH3 is 1. The number of carbonyl (C=O) groups is 1. The van der Waals surface area contributed by atoms with Crippen molar-refractivity contribution in [1.29, 1.82) is 0 Å². The van der Waals surface area contributed by atoms with E-state index in [1.54, 1.807) is 7.11 Å². The van der Waals surface area contributed by atoms with Gasteiger partial charge in [-0.05, 0) is 76.9 Å². The van der Waals surface area contributed by atoms with Crippen molar-refractivity contribution >= 4 is 34.7 Å². The topological polar surface area (TPSA) is 117 Å². The maximum atomic E-state index is 13.1. The summed E-state index contributed by atoms with van der Waals surface area (Å²) in [6, 6.07) is 28.7. The lowest BCUT2D eigenvalue weighted by molar-refractivity contribution is 0.185. The summed E-state index contributed by atoms with van der Waals surface area (Å²) in [6.45, 7) is 2.46. The Morgan fingerprint density at radius 2 is 1.68 bits per heavy atom. The third kappa shape index (κ3) is 7.27. The Bertz CT molecular complexity index is 1590. The van der Waals surface area contributed by atoms with Crippen LogP contribution >= 0.6 is 11.6 Å². The molecule has 0 saturated heterocycles. The predicted octanol–water partition coefficient (Wildman–Crippen LogP) is 6.81. The number of nitrogens with one attached hydrogen (secondary N) is 4. The number of hydrogen-bond donors (Lipinski definition) is 4. The van der Waals surface area contributed by atoms with Gasteiger partial charge in [-0.25, -0.2) is 9.89 Å². The Kier molecular flexibility index (Phi) is 8.88. The van der Waals surface area contributed by atoms with E-state index >= 15 is 0 Å². The Labute approximate surface area is 243 Å². The zero-order valence-electron chi connectivity index (χ0n) is 22.7. The number of hydrogen-bond acceptors (Lipinski definition) is 6. The Morgan fingerprint density at radius 1 is 0.927 bits per heavy atom. The minimum atomic E-state index is -0.359. The van der Waals surface area contributed by atoms with Gasteiger partial charge in [-0.15, -0.1) is 5.10 Å². The van der Waals surface area contributed by atoms with Crippen LogP contribution in [0.5, 0.6) is 0 Å². The van der Waals surface area contributed by atoms with Crippen LogP contribution in [0.1, 0.15) is 11.1 Å². The molecule has 1 unspecified atom stereocenters. The first-order valence-corrected chi connectivity index (χ1v) is 13.5. The number of urea groups is 1. The summed E-state index contributed by atoms with van der Waals surface area (Å²) < 4.78 is 5.52. The average Bonchev–Trinajstić information content (AvgIpc) is 3.52. The molecule has 5 aromatic rings. The molecule has 9 nitrogen and oxygen atoms in total. The molecule has 0 aliphatic rings. The molecular weight excluding hydrogens is 538 g/mol. The van der Waals surface area contributed by atoms with Gasteiger partial charge in [0.15, 0.2) is 5.82 Å².